The predicted molar refractivity (Wildman–Crippen MR) is 116 cm³/mol. The van der Waals surface area contributed by atoms with Crippen molar-refractivity contribution in [1.82, 2.24) is 9.38 Å². The van der Waals surface area contributed by atoms with E-state index >= 15 is 0 Å². The lowest BCUT2D eigenvalue weighted by Crippen LogP contribution is -2.17. The van der Waals surface area contributed by atoms with Gasteiger partial charge in [0, 0.05) is 5.39 Å². The molecule has 31 heavy (non-hydrogen) atoms. The Labute approximate surface area is 175 Å². The number of hydrogen-bond acceptors (Lipinski definition) is 5. The molecule has 0 unspecified atom stereocenters. The fraction of sp³-hybridized carbons (Fsp3) is 0. The van der Waals surface area contributed by atoms with Crippen LogP contribution in [-0.2, 0) is 0 Å². The molecule has 0 aliphatic heterocycles. The van der Waals surface area contributed by atoms with Crippen molar-refractivity contribution in [2.24, 2.45) is 0 Å². The molecule has 6 heteroatoms. The number of para-hydroxylation sites is 1. The standard InChI is InChI=1S/C25H11N5O/c26-12-15-5-7-16(8-6-15)17-9-10-21-20(11-17)25(31)30-22-4-2-1-3-19(22)23(24(30)29-21)18(13-27)14-28/h1-11H. The van der Waals surface area contributed by atoms with E-state index in [-0.39, 0.29) is 11.1 Å². The van der Waals surface area contributed by atoms with Gasteiger partial charge in [0.25, 0.3) is 5.56 Å². The van der Waals surface area contributed by atoms with E-state index in [9.17, 15) is 15.3 Å². The first-order chi connectivity index (χ1) is 15.2. The topological polar surface area (TPSA) is 106 Å². The van der Waals surface area contributed by atoms with Crippen LogP contribution in [0.2, 0.25) is 0 Å². The summed E-state index contributed by atoms with van der Waals surface area (Å²) in [6.45, 7) is 0. The third-order valence-corrected chi connectivity index (χ3v) is 5.33. The fourth-order valence-corrected chi connectivity index (χ4v) is 3.88. The van der Waals surface area contributed by atoms with E-state index in [2.05, 4.69) is 11.1 Å². The molecule has 2 aromatic heterocycles. The molecular formula is C25H11N5O. The monoisotopic (exact) mass is 397 g/mol. The third-order valence-electron chi connectivity index (χ3n) is 5.33. The molecule has 0 aliphatic carbocycles. The molecule has 0 saturated heterocycles. The van der Waals surface area contributed by atoms with Gasteiger partial charge >= 0.3 is 0 Å². The van der Waals surface area contributed by atoms with E-state index in [1.807, 2.05) is 30.3 Å². The minimum absolute atomic E-state index is 0.0841. The van der Waals surface area contributed by atoms with Gasteiger partial charge in [0.15, 0.2) is 5.65 Å². The van der Waals surface area contributed by atoms with Crippen LogP contribution in [0.15, 0.2) is 71.5 Å². The van der Waals surface area contributed by atoms with Crippen molar-refractivity contribution < 1.29 is 0 Å². The van der Waals surface area contributed by atoms with Crippen LogP contribution in [0, 0.1) is 34.0 Å². The van der Waals surface area contributed by atoms with Crippen LogP contribution in [0.5, 0.6) is 0 Å². The van der Waals surface area contributed by atoms with E-state index in [0.29, 0.717) is 38.2 Å². The molecule has 3 aromatic carbocycles. The van der Waals surface area contributed by atoms with Crippen molar-refractivity contribution in [3.63, 3.8) is 0 Å². The van der Waals surface area contributed by atoms with Gasteiger partial charge in [0.2, 0.25) is 0 Å². The highest BCUT2D eigenvalue weighted by atomic mass is 16.1. The SMILES string of the molecule is N#CC(C#N)=c1c2ccccc2n2c(=O)c3cc(-c4ccc(C#N)cc4)ccc3nc12. The summed E-state index contributed by atoms with van der Waals surface area (Å²) >= 11 is 0. The molecule has 0 radical (unpaired) electrons. The first-order valence-corrected chi connectivity index (χ1v) is 9.38. The van der Waals surface area contributed by atoms with Gasteiger partial charge in [-0.1, -0.05) is 36.4 Å². The zero-order valence-electron chi connectivity index (χ0n) is 16.0. The maximum absolute atomic E-state index is 13.5. The van der Waals surface area contributed by atoms with Crippen molar-refractivity contribution in [3.05, 3.63) is 87.9 Å². The Kier molecular flexibility index (Phi) is 3.97. The largest absolute Gasteiger partial charge is 0.268 e. The molecule has 2 heterocycles. The van der Waals surface area contributed by atoms with E-state index in [0.717, 1.165) is 11.1 Å². The Morgan fingerprint density at radius 2 is 1.55 bits per heavy atom. The van der Waals surface area contributed by atoms with Gasteiger partial charge in [-0.05, 0) is 41.5 Å². The Hall–Kier alpha value is -4.99. The molecule has 0 bridgehead atoms. The van der Waals surface area contributed by atoms with Crippen LogP contribution in [0.25, 0.3) is 44.2 Å². The zero-order chi connectivity index (χ0) is 21.5. The molecule has 6 nitrogen and oxygen atoms in total. The molecule has 0 amide bonds. The van der Waals surface area contributed by atoms with Crippen LogP contribution >= 0.6 is 0 Å². The minimum atomic E-state index is -0.270. The van der Waals surface area contributed by atoms with Crippen molar-refractivity contribution in [3.8, 4) is 29.3 Å². The Bertz CT molecular complexity index is 1760. The quantitative estimate of drug-likeness (QED) is 0.431. The van der Waals surface area contributed by atoms with Crippen molar-refractivity contribution in [2.45, 2.75) is 0 Å². The van der Waals surface area contributed by atoms with E-state index < -0.39 is 0 Å². The van der Waals surface area contributed by atoms with Crippen LogP contribution < -0.4 is 10.8 Å². The van der Waals surface area contributed by atoms with Gasteiger partial charge < -0.3 is 0 Å². The number of hydrogen-bond donors (Lipinski definition) is 0. The number of nitrogens with zero attached hydrogens (tertiary/aromatic N) is 5. The smallest absolute Gasteiger partial charge is 0.266 e. The second kappa shape index (κ2) is 6.81. The van der Waals surface area contributed by atoms with Gasteiger partial charge in [0.05, 0.1) is 33.3 Å². The van der Waals surface area contributed by atoms with Crippen molar-refractivity contribution in [1.29, 1.82) is 15.8 Å². The molecule has 0 fully saturated rings. The van der Waals surface area contributed by atoms with E-state index in [1.165, 1.54) is 4.40 Å². The highest BCUT2D eigenvalue weighted by molar-refractivity contribution is 5.96. The van der Waals surface area contributed by atoms with Crippen LogP contribution in [0.4, 0.5) is 0 Å². The lowest BCUT2D eigenvalue weighted by molar-refractivity contribution is 1.14. The number of benzene rings is 3. The van der Waals surface area contributed by atoms with Crippen LogP contribution in [0.1, 0.15) is 5.56 Å². The van der Waals surface area contributed by atoms with Gasteiger partial charge in [-0.25, -0.2) is 4.98 Å². The maximum atomic E-state index is 13.5. The van der Waals surface area contributed by atoms with Crippen LogP contribution in [-0.4, -0.2) is 9.38 Å². The molecular weight excluding hydrogens is 386 g/mol. The lowest BCUT2D eigenvalue weighted by Gasteiger charge is -2.05. The summed E-state index contributed by atoms with van der Waals surface area (Å²) in [5.74, 6) is 0. The summed E-state index contributed by atoms with van der Waals surface area (Å²) < 4.78 is 1.46. The Balaban J connectivity index is 1.91. The zero-order valence-corrected chi connectivity index (χ0v) is 16.0. The molecule has 0 saturated carbocycles. The Morgan fingerprint density at radius 3 is 2.26 bits per heavy atom. The van der Waals surface area contributed by atoms with Gasteiger partial charge in [0.1, 0.15) is 17.7 Å². The molecule has 0 aliphatic rings. The number of fused-ring (bicyclic) bond motifs is 4. The van der Waals surface area contributed by atoms with Gasteiger partial charge in [-0.3, -0.25) is 9.20 Å². The first-order valence-electron chi connectivity index (χ1n) is 9.38. The van der Waals surface area contributed by atoms with Gasteiger partial charge in [-0.15, -0.1) is 0 Å². The summed E-state index contributed by atoms with van der Waals surface area (Å²) in [7, 11) is 0. The number of aromatic nitrogens is 2. The molecule has 0 atom stereocenters. The maximum Gasteiger partial charge on any atom is 0.266 e. The normalized spacial score (nSPS) is 10.6. The molecule has 142 valence electrons. The van der Waals surface area contributed by atoms with Crippen molar-refractivity contribution in [2.75, 3.05) is 0 Å². The predicted octanol–water partition coefficient (Wildman–Crippen LogP) is 3.46. The second-order valence-electron chi connectivity index (χ2n) is 6.99. The van der Waals surface area contributed by atoms with Crippen molar-refractivity contribution >= 4 is 33.0 Å². The average molecular weight is 397 g/mol. The Morgan fingerprint density at radius 1 is 0.839 bits per heavy atom. The summed E-state index contributed by atoms with van der Waals surface area (Å²) in [5.41, 5.74) is 3.28. The summed E-state index contributed by atoms with van der Waals surface area (Å²) in [6.07, 6.45) is 0. The number of nitriles is 3. The minimum Gasteiger partial charge on any atom is -0.268 e. The lowest BCUT2D eigenvalue weighted by atomic mass is 10.0. The summed E-state index contributed by atoms with van der Waals surface area (Å²) in [5, 5.41) is 29.3. The molecule has 5 rings (SSSR count). The molecule has 0 N–H and O–H groups in total. The summed E-state index contributed by atoms with van der Waals surface area (Å²) in [6, 6.07) is 25.6. The highest BCUT2D eigenvalue weighted by Crippen LogP contribution is 2.24. The summed E-state index contributed by atoms with van der Waals surface area (Å²) in [4.78, 5) is 18.2. The van der Waals surface area contributed by atoms with E-state index in [1.54, 1.807) is 48.5 Å². The molecule has 5 aromatic rings. The average Bonchev–Trinajstić information content (AvgIpc) is 3.14. The first kappa shape index (κ1) is 18.1. The third kappa shape index (κ3) is 2.63. The highest BCUT2D eigenvalue weighted by Gasteiger charge is 2.16. The van der Waals surface area contributed by atoms with Crippen LogP contribution in [0.3, 0.4) is 0 Å². The second-order valence-corrected chi connectivity index (χ2v) is 6.99. The number of rotatable bonds is 1. The van der Waals surface area contributed by atoms with E-state index in [4.69, 9.17) is 5.26 Å². The molecule has 0 spiro atoms. The van der Waals surface area contributed by atoms with Gasteiger partial charge in [-0.2, -0.15) is 15.8 Å². The fourth-order valence-electron chi connectivity index (χ4n) is 3.88.